The van der Waals surface area contributed by atoms with Gasteiger partial charge < -0.3 is 10.5 Å². The lowest BCUT2D eigenvalue weighted by Crippen LogP contribution is -2.08. The number of ether oxygens (including phenoxy) is 1. The van der Waals surface area contributed by atoms with Gasteiger partial charge in [0.25, 0.3) is 0 Å². The van der Waals surface area contributed by atoms with Crippen molar-refractivity contribution >= 4 is 23.3 Å². The molecular formula is C5H11N3OS. The Bertz CT molecular complexity index is 126. The maximum atomic E-state index is 6.58. The van der Waals surface area contributed by atoms with Gasteiger partial charge in [-0.05, 0) is 0 Å². The second-order valence-corrected chi connectivity index (χ2v) is 2.55. The van der Waals surface area contributed by atoms with Crippen LogP contribution in [0.3, 0.4) is 0 Å². The molecule has 0 aliphatic carbocycles. The number of amidine groups is 1. The van der Waals surface area contributed by atoms with Crippen molar-refractivity contribution in [1.82, 2.24) is 0 Å². The zero-order valence-electron chi connectivity index (χ0n) is 5.83. The van der Waals surface area contributed by atoms with Gasteiger partial charge in [0.2, 0.25) is 0 Å². The standard InChI is InChI=1S/C5H11N3OS/c1-9-2-3-10-5(7)8-4-6/h4H,2-3H2,1H3,(H3,6,7,8). The van der Waals surface area contributed by atoms with Crippen LogP contribution in [0.15, 0.2) is 4.99 Å². The van der Waals surface area contributed by atoms with Crippen LogP contribution in [0.2, 0.25) is 0 Å². The molecular weight excluding hydrogens is 150 g/mol. The molecule has 0 saturated carbocycles. The smallest absolute Gasteiger partial charge is 0.160 e. The van der Waals surface area contributed by atoms with Crippen LogP contribution in [0.25, 0.3) is 0 Å². The molecule has 0 radical (unpaired) electrons. The van der Waals surface area contributed by atoms with Crippen LogP contribution >= 0.6 is 11.8 Å². The number of nitrogens with one attached hydrogen (secondary N) is 1. The minimum absolute atomic E-state index is 0.409. The molecule has 3 N–H and O–H groups in total. The lowest BCUT2D eigenvalue weighted by atomic mass is 10.9. The molecule has 58 valence electrons. The second-order valence-electron chi connectivity index (χ2n) is 1.44. The van der Waals surface area contributed by atoms with Crippen LogP contribution < -0.4 is 5.73 Å². The SMILES string of the molecule is COCCSC(N)=NC=N. The van der Waals surface area contributed by atoms with Crippen molar-refractivity contribution in [3.63, 3.8) is 0 Å². The Hall–Kier alpha value is -0.550. The highest BCUT2D eigenvalue weighted by atomic mass is 32.2. The first kappa shape index (κ1) is 9.45. The third kappa shape index (κ3) is 5.58. The summed E-state index contributed by atoms with van der Waals surface area (Å²) in [6.07, 6.45) is 0.926. The van der Waals surface area contributed by atoms with Crippen LogP contribution in [0.5, 0.6) is 0 Å². The van der Waals surface area contributed by atoms with Gasteiger partial charge in [0.05, 0.1) is 6.61 Å². The van der Waals surface area contributed by atoms with Gasteiger partial charge in [-0.2, -0.15) is 0 Å². The van der Waals surface area contributed by atoms with Crippen LogP contribution in [-0.4, -0.2) is 31.0 Å². The van der Waals surface area contributed by atoms with E-state index in [1.165, 1.54) is 11.8 Å². The Labute approximate surface area is 64.4 Å². The summed E-state index contributed by atoms with van der Waals surface area (Å²) in [6, 6.07) is 0. The van der Waals surface area contributed by atoms with E-state index in [9.17, 15) is 0 Å². The average Bonchev–Trinajstić information content (AvgIpc) is 1.89. The monoisotopic (exact) mass is 161 g/mol. The van der Waals surface area contributed by atoms with Gasteiger partial charge in [-0.25, -0.2) is 4.99 Å². The molecule has 0 bridgehead atoms. The van der Waals surface area contributed by atoms with E-state index in [4.69, 9.17) is 15.9 Å². The first-order chi connectivity index (χ1) is 4.81. The highest BCUT2D eigenvalue weighted by molar-refractivity contribution is 8.13. The fraction of sp³-hybridized carbons (Fsp3) is 0.600. The van der Waals surface area contributed by atoms with Gasteiger partial charge in [-0.3, -0.25) is 5.41 Å². The molecule has 0 aromatic heterocycles. The van der Waals surface area contributed by atoms with E-state index in [-0.39, 0.29) is 0 Å². The summed E-state index contributed by atoms with van der Waals surface area (Å²) in [4.78, 5) is 3.54. The van der Waals surface area contributed by atoms with Crippen molar-refractivity contribution in [3.05, 3.63) is 0 Å². The highest BCUT2D eigenvalue weighted by Crippen LogP contribution is 1.97. The first-order valence-corrected chi connectivity index (χ1v) is 3.73. The fourth-order valence-corrected chi connectivity index (χ4v) is 0.917. The molecule has 0 aromatic carbocycles. The van der Waals surface area contributed by atoms with Gasteiger partial charge in [-0.15, -0.1) is 0 Å². The number of hydrogen-bond donors (Lipinski definition) is 2. The Morgan fingerprint density at radius 2 is 2.60 bits per heavy atom. The molecule has 0 aliphatic rings. The maximum Gasteiger partial charge on any atom is 0.160 e. The third-order valence-electron chi connectivity index (χ3n) is 0.729. The van der Waals surface area contributed by atoms with E-state index in [1.54, 1.807) is 7.11 Å². The number of methoxy groups -OCH3 is 1. The summed E-state index contributed by atoms with van der Waals surface area (Å²) < 4.78 is 4.78. The summed E-state index contributed by atoms with van der Waals surface area (Å²) in [5.74, 6) is 0.777. The van der Waals surface area contributed by atoms with Gasteiger partial charge in [0, 0.05) is 12.9 Å². The van der Waals surface area contributed by atoms with E-state index in [0.717, 1.165) is 12.1 Å². The van der Waals surface area contributed by atoms with Crippen LogP contribution in [-0.2, 0) is 4.74 Å². The van der Waals surface area contributed by atoms with Crippen LogP contribution in [0, 0.1) is 5.41 Å². The largest absolute Gasteiger partial charge is 0.384 e. The first-order valence-electron chi connectivity index (χ1n) is 2.75. The van der Waals surface area contributed by atoms with Crippen molar-refractivity contribution in [1.29, 1.82) is 5.41 Å². The van der Waals surface area contributed by atoms with E-state index in [2.05, 4.69) is 4.99 Å². The molecule has 0 spiro atoms. The fourth-order valence-electron chi connectivity index (χ4n) is 0.330. The second kappa shape index (κ2) is 6.57. The van der Waals surface area contributed by atoms with Crippen molar-refractivity contribution in [2.75, 3.05) is 19.5 Å². The summed E-state index contributed by atoms with van der Waals surface area (Å²) >= 11 is 1.38. The van der Waals surface area contributed by atoms with Crippen molar-refractivity contribution in [3.8, 4) is 0 Å². The van der Waals surface area contributed by atoms with E-state index >= 15 is 0 Å². The zero-order chi connectivity index (χ0) is 7.82. The van der Waals surface area contributed by atoms with Crippen LogP contribution in [0.4, 0.5) is 0 Å². The lowest BCUT2D eigenvalue weighted by Gasteiger charge is -1.96. The molecule has 0 amide bonds. The number of aliphatic imine (C=N–C) groups is 1. The average molecular weight is 161 g/mol. The minimum atomic E-state index is 0.409. The Morgan fingerprint density at radius 3 is 3.10 bits per heavy atom. The Morgan fingerprint density at radius 1 is 1.90 bits per heavy atom. The molecule has 0 aliphatic heterocycles. The number of thioether (sulfide) groups is 1. The topological polar surface area (TPSA) is 71.5 Å². The van der Waals surface area contributed by atoms with Crippen molar-refractivity contribution in [2.24, 2.45) is 10.7 Å². The summed E-state index contributed by atoms with van der Waals surface area (Å²) in [7, 11) is 1.63. The molecule has 0 atom stereocenters. The van der Waals surface area contributed by atoms with Gasteiger partial charge in [0.1, 0.15) is 6.34 Å². The van der Waals surface area contributed by atoms with Gasteiger partial charge in [0.15, 0.2) is 5.17 Å². The number of nitrogens with zero attached hydrogens (tertiary/aromatic N) is 1. The lowest BCUT2D eigenvalue weighted by molar-refractivity contribution is 0.219. The van der Waals surface area contributed by atoms with E-state index in [1.807, 2.05) is 0 Å². The molecule has 0 unspecified atom stereocenters. The third-order valence-corrected chi connectivity index (χ3v) is 1.50. The Balaban J connectivity index is 3.29. The predicted molar refractivity (Wildman–Crippen MR) is 44.7 cm³/mol. The number of nitrogens with two attached hydrogens (primary N) is 1. The summed E-state index contributed by atoms with van der Waals surface area (Å²) in [5.41, 5.74) is 5.33. The zero-order valence-corrected chi connectivity index (χ0v) is 6.65. The van der Waals surface area contributed by atoms with Gasteiger partial charge >= 0.3 is 0 Å². The van der Waals surface area contributed by atoms with Crippen molar-refractivity contribution in [2.45, 2.75) is 0 Å². The normalized spacial score (nSPS) is 11.5. The van der Waals surface area contributed by atoms with E-state index in [0.29, 0.717) is 11.8 Å². The van der Waals surface area contributed by atoms with Crippen LogP contribution in [0.1, 0.15) is 0 Å². The molecule has 4 nitrogen and oxygen atoms in total. The Kier molecular flexibility index (Phi) is 6.21. The van der Waals surface area contributed by atoms with Crippen molar-refractivity contribution < 1.29 is 4.74 Å². The summed E-state index contributed by atoms with van der Waals surface area (Å²) in [6.45, 7) is 0.652. The predicted octanol–water partition coefficient (Wildman–Crippen LogP) is 0.288. The quantitative estimate of drug-likeness (QED) is 0.353. The molecule has 0 rings (SSSR count). The number of rotatable bonds is 4. The molecule has 0 heterocycles. The molecule has 0 aromatic rings. The minimum Gasteiger partial charge on any atom is -0.384 e. The van der Waals surface area contributed by atoms with E-state index < -0.39 is 0 Å². The molecule has 10 heavy (non-hydrogen) atoms. The highest BCUT2D eigenvalue weighted by Gasteiger charge is 1.90. The molecule has 0 fully saturated rings. The molecule has 5 heteroatoms. The maximum absolute atomic E-state index is 6.58. The number of hydrogen-bond acceptors (Lipinski definition) is 3. The molecule has 0 saturated heterocycles. The summed E-state index contributed by atoms with van der Waals surface area (Å²) in [5, 5.41) is 6.99. The van der Waals surface area contributed by atoms with Gasteiger partial charge in [-0.1, -0.05) is 11.8 Å².